The van der Waals surface area contributed by atoms with Crippen molar-refractivity contribution in [3.8, 4) is 0 Å². The van der Waals surface area contributed by atoms with Crippen LogP contribution in [0.15, 0.2) is 54.6 Å². The Morgan fingerprint density at radius 1 is 0.852 bits per heavy atom. The fourth-order valence-corrected chi connectivity index (χ4v) is 3.31. The predicted octanol–water partition coefficient (Wildman–Crippen LogP) is 3.36. The number of carbonyl (C=O) groups is 2. The van der Waals surface area contributed by atoms with Crippen molar-refractivity contribution >= 4 is 23.2 Å². The minimum absolute atomic E-state index is 0.164. The van der Waals surface area contributed by atoms with Crippen molar-refractivity contribution in [3.05, 3.63) is 60.2 Å². The number of amides is 2. The van der Waals surface area contributed by atoms with Crippen LogP contribution in [-0.4, -0.2) is 31.4 Å². The zero-order valence-corrected chi connectivity index (χ0v) is 15.6. The summed E-state index contributed by atoms with van der Waals surface area (Å²) in [6, 6.07) is 17.8. The zero-order valence-electron chi connectivity index (χ0n) is 15.6. The summed E-state index contributed by atoms with van der Waals surface area (Å²) in [7, 11) is 0. The van der Waals surface area contributed by atoms with E-state index in [0.29, 0.717) is 6.54 Å². The summed E-state index contributed by atoms with van der Waals surface area (Å²) in [5.41, 5.74) is 3.07. The second kappa shape index (κ2) is 9.76. The molecule has 1 aliphatic heterocycles. The number of piperidine rings is 1. The van der Waals surface area contributed by atoms with Crippen LogP contribution in [-0.2, 0) is 16.0 Å². The molecular weight excluding hydrogens is 338 g/mol. The normalized spacial score (nSPS) is 13.9. The summed E-state index contributed by atoms with van der Waals surface area (Å²) in [5, 5.41) is 5.59. The van der Waals surface area contributed by atoms with Gasteiger partial charge in [-0.2, -0.15) is 0 Å². The third-order valence-corrected chi connectivity index (χ3v) is 4.77. The molecule has 1 saturated heterocycles. The number of rotatable bonds is 7. The van der Waals surface area contributed by atoms with Crippen molar-refractivity contribution in [2.24, 2.45) is 0 Å². The van der Waals surface area contributed by atoms with Crippen LogP contribution in [0, 0.1) is 0 Å². The quantitative estimate of drug-likeness (QED) is 0.740. The molecule has 3 rings (SSSR count). The van der Waals surface area contributed by atoms with Crippen LogP contribution in [0.25, 0.3) is 0 Å². The smallest absolute Gasteiger partial charge is 0.233 e. The van der Waals surface area contributed by atoms with Crippen LogP contribution in [0.2, 0.25) is 0 Å². The molecule has 1 aliphatic rings. The summed E-state index contributed by atoms with van der Waals surface area (Å²) in [5.74, 6) is -0.550. The Bertz CT molecular complexity index is 738. The average molecular weight is 365 g/mol. The first kappa shape index (κ1) is 19.0. The van der Waals surface area contributed by atoms with Gasteiger partial charge in [0.05, 0.1) is 0 Å². The second-order valence-electron chi connectivity index (χ2n) is 6.91. The number of carbonyl (C=O) groups excluding carboxylic acids is 2. The first-order chi connectivity index (χ1) is 13.2. The van der Waals surface area contributed by atoms with Crippen LogP contribution < -0.4 is 15.5 Å². The van der Waals surface area contributed by atoms with E-state index in [9.17, 15) is 9.59 Å². The molecule has 5 heteroatoms. The van der Waals surface area contributed by atoms with Gasteiger partial charge in [-0.05, 0) is 55.5 Å². The first-order valence-electron chi connectivity index (χ1n) is 9.66. The molecule has 1 heterocycles. The molecule has 0 radical (unpaired) electrons. The maximum atomic E-state index is 12.1. The van der Waals surface area contributed by atoms with Gasteiger partial charge in [-0.3, -0.25) is 9.59 Å². The molecule has 0 aromatic heterocycles. The van der Waals surface area contributed by atoms with Gasteiger partial charge in [-0.1, -0.05) is 30.3 Å². The fourth-order valence-electron chi connectivity index (χ4n) is 3.31. The lowest BCUT2D eigenvalue weighted by Crippen LogP contribution is -2.30. The van der Waals surface area contributed by atoms with Gasteiger partial charge in [0.2, 0.25) is 11.8 Å². The van der Waals surface area contributed by atoms with Crippen LogP contribution in [0.3, 0.4) is 0 Å². The number of hydrogen-bond acceptors (Lipinski definition) is 3. The second-order valence-corrected chi connectivity index (χ2v) is 6.91. The number of anilines is 2. The van der Waals surface area contributed by atoms with Crippen molar-refractivity contribution in [1.82, 2.24) is 5.32 Å². The van der Waals surface area contributed by atoms with Crippen LogP contribution >= 0.6 is 0 Å². The fraction of sp³-hybridized carbons (Fsp3) is 0.364. The largest absolute Gasteiger partial charge is 0.372 e. The van der Waals surface area contributed by atoms with Crippen molar-refractivity contribution in [2.75, 3.05) is 29.9 Å². The minimum Gasteiger partial charge on any atom is -0.372 e. The van der Waals surface area contributed by atoms with Crippen LogP contribution in [0.5, 0.6) is 0 Å². The van der Waals surface area contributed by atoms with Gasteiger partial charge >= 0.3 is 0 Å². The molecule has 142 valence electrons. The molecule has 2 aromatic carbocycles. The van der Waals surface area contributed by atoms with E-state index in [4.69, 9.17) is 0 Å². The third kappa shape index (κ3) is 6.13. The van der Waals surface area contributed by atoms with E-state index in [-0.39, 0.29) is 18.2 Å². The van der Waals surface area contributed by atoms with E-state index in [1.54, 1.807) is 0 Å². The summed E-state index contributed by atoms with van der Waals surface area (Å²) in [6.45, 7) is 2.71. The van der Waals surface area contributed by atoms with E-state index in [1.807, 2.05) is 54.6 Å². The first-order valence-corrected chi connectivity index (χ1v) is 9.66. The number of nitrogens with one attached hydrogen (secondary N) is 2. The van der Waals surface area contributed by atoms with E-state index < -0.39 is 0 Å². The number of nitrogens with zero attached hydrogens (tertiary/aromatic N) is 1. The van der Waals surface area contributed by atoms with E-state index >= 15 is 0 Å². The standard InChI is InChI=1S/C22H27N3O2/c26-21(23-14-13-18-7-3-1-4-8-18)17-22(27)24-19-9-11-20(12-10-19)25-15-5-2-6-16-25/h1,3-4,7-12H,2,5-6,13-17H2,(H,23,26)(H,24,27). The Balaban J connectivity index is 1.39. The summed E-state index contributed by atoms with van der Waals surface area (Å²) in [6.07, 6.45) is 4.36. The molecule has 0 bridgehead atoms. The highest BCUT2D eigenvalue weighted by molar-refractivity contribution is 6.03. The van der Waals surface area contributed by atoms with E-state index in [1.165, 1.54) is 24.9 Å². The zero-order chi connectivity index (χ0) is 18.9. The van der Waals surface area contributed by atoms with Gasteiger partial charge in [0, 0.05) is 31.0 Å². The maximum Gasteiger partial charge on any atom is 0.233 e. The molecule has 27 heavy (non-hydrogen) atoms. The lowest BCUT2D eigenvalue weighted by atomic mass is 10.1. The Hall–Kier alpha value is -2.82. The Labute approximate surface area is 160 Å². The van der Waals surface area contributed by atoms with Gasteiger partial charge in [0.15, 0.2) is 0 Å². The SMILES string of the molecule is O=C(CC(=O)Nc1ccc(N2CCCCC2)cc1)NCCc1ccccc1. The molecule has 0 aliphatic carbocycles. The highest BCUT2D eigenvalue weighted by Crippen LogP contribution is 2.21. The molecule has 5 nitrogen and oxygen atoms in total. The van der Waals surface area contributed by atoms with Gasteiger partial charge in [-0.15, -0.1) is 0 Å². The predicted molar refractivity (Wildman–Crippen MR) is 109 cm³/mol. The lowest BCUT2D eigenvalue weighted by molar-refractivity contribution is -0.126. The van der Waals surface area contributed by atoms with Gasteiger partial charge in [0.25, 0.3) is 0 Å². The van der Waals surface area contributed by atoms with E-state index in [0.717, 1.165) is 30.8 Å². The Morgan fingerprint density at radius 2 is 1.56 bits per heavy atom. The van der Waals surface area contributed by atoms with Crippen LogP contribution in [0.4, 0.5) is 11.4 Å². The van der Waals surface area contributed by atoms with Crippen molar-refractivity contribution in [2.45, 2.75) is 32.1 Å². The molecule has 2 amide bonds. The monoisotopic (exact) mass is 365 g/mol. The highest BCUT2D eigenvalue weighted by Gasteiger charge is 2.12. The highest BCUT2D eigenvalue weighted by atomic mass is 16.2. The minimum atomic E-state index is -0.294. The number of hydrogen-bond donors (Lipinski definition) is 2. The van der Waals surface area contributed by atoms with Gasteiger partial charge in [0.1, 0.15) is 6.42 Å². The lowest BCUT2D eigenvalue weighted by Gasteiger charge is -2.28. The summed E-state index contributed by atoms with van der Waals surface area (Å²) < 4.78 is 0. The Kier molecular flexibility index (Phi) is 6.85. The molecule has 2 aromatic rings. The van der Waals surface area contributed by atoms with E-state index in [2.05, 4.69) is 15.5 Å². The van der Waals surface area contributed by atoms with Crippen molar-refractivity contribution in [3.63, 3.8) is 0 Å². The third-order valence-electron chi connectivity index (χ3n) is 4.77. The molecule has 1 fully saturated rings. The maximum absolute atomic E-state index is 12.1. The number of benzene rings is 2. The van der Waals surface area contributed by atoms with Crippen molar-refractivity contribution < 1.29 is 9.59 Å². The molecule has 0 spiro atoms. The van der Waals surface area contributed by atoms with Gasteiger partial charge < -0.3 is 15.5 Å². The average Bonchev–Trinajstić information content (AvgIpc) is 2.70. The topological polar surface area (TPSA) is 61.4 Å². The van der Waals surface area contributed by atoms with Gasteiger partial charge in [-0.25, -0.2) is 0 Å². The molecular formula is C22H27N3O2. The summed E-state index contributed by atoms with van der Waals surface area (Å²) in [4.78, 5) is 26.3. The molecule has 0 unspecified atom stereocenters. The summed E-state index contributed by atoms with van der Waals surface area (Å²) >= 11 is 0. The molecule has 0 saturated carbocycles. The molecule has 2 N–H and O–H groups in total. The Morgan fingerprint density at radius 3 is 2.26 bits per heavy atom. The van der Waals surface area contributed by atoms with Crippen molar-refractivity contribution in [1.29, 1.82) is 0 Å². The molecule has 0 atom stereocenters. The van der Waals surface area contributed by atoms with Crippen LogP contribution in [0.1, 0.15) is 31.2 Å².